The van der Waals surface area contributed by atoms with Crippen LogP contribution in [0.25, 0.3) is 10.9 Å². The van der Waals surface area contributed by atoms with Crippen LogP contribution < -0.4 is 0 Å². The summed E-state index contributed by atoms with van der Waals surface area (Å²) >= 11 is 3.57. The van der Waals surface area contributed by atoms with Crippen LogP contribution in [0.3, 0.4) is 0 Å². The van der Waals surface area contributed by atoms with Gasteiger partial charge in [0, 0.05) is 21.5 Å². The molecule has 1 aliphatic carbocycles. The Labute approximate surface area is 110 Å². The van der Waals surface area contributed by atoms with Crippen molar-refractivity contribution in [2.75, 3.05) is 0 Å². The molecule has 0 aliphatic heterocycles. The minimum atomic E-state index is 0.678. The van der Waals surface area contributed by atoms with Gasteiger partial charge in [-0.2, -0.15) is 5.10 Å². The molecule has 3 heteroatoms. The van der Waals surface area contributed by atoms with Gasteiger partial charge in [0.15, 0.2) is 0 Å². The van der Waals surface area contributed by atoms with Crippen molar-refractivity contribution < 1.29 is 0 Å². The molecule has 1 aromatic carbocycles. The van der Waals surface area contributed by atoms with Gasteiger partial charge in [0.05, 0.1) is 0 Å². The zero-order chi connectivity index (χ0) is 11.7. The van der Waals surface area contributed by atoms with Gasteiger partial charge < -0.3 is 0 Å². The Kier molecular flexibility index (Phi) is 3.19. The molecular weight excluding hydrogens is 276 g/mol. The molecule has 0 amide bonds. The smallest absolute Gasteiger partial charge is 0.107 e. The lowest BCUT2D eigenvalue weighted by atomic mass is 9.94. The summed E-state index contributed by atoms with van der Waals surface area (Å²) < 4.78 is 1.09. The first kappa shape index (κ1) is 11.3. The quantitative estimate of drug-likeness (QED) is 0.754. The van der Waals surface area contributed by atoms with Crippen LogP contribution in [0.2, 0.25) is 0 Å². The number of hydrogen-bond donors (Lipinski definition) is 1. The summed E-state index contributed by atoms with van der Waals surface area (Å²) in [7, 11) is 0. The fourth-order valence-electron chi connectivity index (χ4n) is 2.90. The van der Waals surface area contributed by atoms with Gasteiger partial charge in [-0.3, -0.25) is 5.10 Å². The van der Waals surface area contributed by atoms with Gasteiger partial charge >= 0.3 is 0 Å². The first-order valence-corrected chi connectivity index (χ1v) is 7.28. The van der Waals surface area contributed by atoms with E-state index >= 15 is 0 Å². The average molecular weight is 293 g/mol. The van der Waals surface area contributed by atoms with Crippen LogP contribution in [0.1, 0.15) is 50.1 Å². The van der Waals surface area contributed by atoms with Crippen LogP contribution in [-0.4, -0.2) is 10.2 Å². The summed E-state index contributed by atoms with van der Waals surface area (Å²) in [6.07, 6.45) is 8.13. The molecule has 0 radical (unpaired) electrons. The molecule has 2 aromatic rings. The fourth-order valence-corrected chi connectivity index (χ4v) is 3.36. The van der Waals surface area contributed by atoms with Gasteiger partial charge in [-0.25, -0.2) is 0 Å². The number of nitrogens with zero attached hydrogens (tertiary/aromatic N) is 1. The Bertz CT molecular complexity index is 510. The van der Waals surface area contributed by atoms with E-state index in [1.54, 1.807) is 0 Å². The zero-order valence-corrected chi connectivity index (χ0v) is 11.5. The summed E-state index contributed by atoms with van der Waals surface area (Å²) in [6.45, 7) is 0. The van der Waals surface area contributed by atoms with E-state index in [-0.39, 0.29) is 0 Å². The van der Waals surface area contributed by atoms with E-state index in [2.05, 4.69) is 44.3 Å². The van der Waals surface area contributed by atoms with E-state index in [0.29, 0.717) is 5.92 Å². The monoisotopic (exact) mass is 292 g/mol. The summed E-state index contributed by atoms with van der Waals surface area (Å²) in [4.78, 5) is 0. The normalized spacial score (nSPS) is 18.4. The number of hydrogen-bond acceptors (Lipinski definition) is 1. The fraction of sp³-hybridized carbons (Fsp3) is 0.500. The van der Waals surface area contributed by atoms with Gasteiger partial charge in [-0.1, -0.05) is 37.8 Å². The highest BCUT2D eigenvalue weighted by Crippen LogP contribution is 2.35. The number of benzene rings is 1. The number of nitrogens with one attached hydrogen (secondary N) is 1. The van der Waals surface area contributed by atoms with Gasteiger partial charge in [0.1, 0.15) is 5.52 Å². The second-order valence-corrected chi connectivity index (χ2v) is 5.82. The molecule has 0 unspecified atom stereocenters. The topological polar surface area (TPSA) is 28.7 Å². The van der Waals surface area contributed by atoms with Crippen molar-refractivity contribution in [3.8, 4) is 0 Å². The van der Waals surface area contributed by atoms with Crippen molar-refractivity contribution >= 4 is 26.8 Å². The maximum Gasteiger partial charge on any atom is 0.107 e. The van der Waals surface area contributed by atoms with E-state index < -0.39 is 0 Å². The highest BCUT2D eigenvalue weighted by atomic mass is 79.9. The Balaban J connectivity index is 2.02. The van der Waals surface area contributed by atoms with Crippen LogP contribution in [0.5, 0.6) is 0 Å². The molecule has 3 rings (SSSR count). The van der Waals surface area contributed by atoms with Crippen molar-refractivity contribution in [3.05, 3.63) is 28.4 Å². The summed E-state index contributed by atoms with van der Waals surface area (Å²) in [6, 6.07) is 6.34. The second kappa shape index (κ2) is 4.81. The standard InChI is InChI=1S/C14H17BrN2/c15-12-9-5-8-11-13(16-17-14(11)12)10-6-3-1-2-4-7-10/h5,8-10H,1-4,6-7H2,(H,16,17). The lowest BCUT2D eigenvalue weighted by Crippen LogP contribution is -1.98. The molecule has 1 heterocycles. The van der Waals surface area contributed by atoms with Gasteiger partial charge in [0.25, 0.3) is 0 Å². The molecule has 2 nitrogen and oxygen atoms in total. The Morgan fingerprint density at radius 3 is 2.65 bits per heavy atom. The highest BCUT2D eigenvalue weighted by Gasteiger charge is 2.19. The third kappa shape index (κ3) is 2.13. The highest BCUT2D eigenvalue weighted by molar-refractivity contribution is 9.10. The minimum absolute atomic E-state index is 0.678. The maximum absolute atomic E-state index is 4.45. The first-order valence-electron chi connectivity index (χ1n) is 6.49. The van der Waals surface area contributed by atoms with Crippen LogP contribution in [0.4, 0.5) is 0 Å². The van der Waals surface area contributed by atoms with Crippen molar-refractivity contribution in [2.45, 2.75) is 44.4 Å². The van der Waals surface area contributed by atoms with Crippen LogP contribution in [-0.2, 0) is 0 Å². The van der Waals surface area contributed by atoms with Crippen molar-refractivity contribution in [2.24, 2.45) is 0 Å². The van der Waals surface area contributed by atoms with Crippen LogP contribution in [0.15, 0.2) is 22.7 Å². The number of H-pyrrole nitrogens is 1. The summed E-state index contributed by atoms with van der Waals surface area (Å²) in [5.74, 6) is 0.678. The Hall–Kier alpha value is -0.830. The summed E-state index contributed by atoms with van der Waals surface area (Å²) in [5.41, 5.74) is 2.43. The third-order valence-electron chi connectivity index (χ3n) is 3.83. The average Bonchev–Trinajstić information content (AvgIpc) is 2.59. The molecule has 0 saturated heterocycles. The first-order chi connectivity index (χ1) is 8.36. The number of fused-ring (bicyclic) bond motifs is 1. The van der Waals surface area contributed by atoms with Gasteiger partial charge in [-0.15, -0.1) is 0 Å². The third-order valence-corrected chi connectivity index (χ3v) is 4.47. The maximum atomic E-state index is 4.45. The molecule has 17 heavy (non-hydrogen) atoms. The molecule has 1 aliphatic rings. The molecule has 0 spiro atoms. The van der Waals surface area contributed by atoms with Crippen molar-refractivity contribution in [3.63, 3.8) is 0 Å². The van der Waals surface area contributed by atoms with Gasteiger partial charge in [-0.05, 0) is 34.8 Å². The lowest BCUT2D eigenvalue weighted by Gasteiger charge is -2.12. The Morgan fingerprint density at radius 2 is 1.88 bits per heavy atom. The van der Waals surface area contributed by atoms with Gasteiger partial charge in [0.2, 0.25) is 0 Å². The number of rotatable bonds is 1. The van der Waals surface area contributed by atoms with E-state index in [0.717, 1.165) is 9.99 Å². The molecule has 90 valence electrons. The SMILES string of the molecule is Brc1cccc2c(C3CCCCCC3)[nH]nc12. The van der Waals surface area contributed by atoms with E-state index in [1.165, 1.54) is 49.6 Å². The van der Waals surface area contributed by atoms with Crippen LogP contribution >= 0.6 is 15.9 Å². The number of para-hydroxylation sites is 1. The molecule has 0 atom stereocenters. The van der Waals surface area contributed by atoms with E-state index in [1.807, 2.05) is 0 Å². The van der Waals surface area contributed by atoms with E-state index in [9.17, 15) is 0 Å². The minimum Gasteiger partial charge on any atom is -0.281 e. The number of aromatic amines is 1. The molecule has 0 bridgehead atoms. The summed E-state index contributed by atoms with van der Waals surface area (Å²) in [5, 5.41) is 9.02. The van der Waals surface area contributed by atoms with E-state index in [4.69, 9.17) is 0 Å². The Morgan fingerprint density at radius 1 is 1.12 bits per heavy atom. The number of aromatic nitrogens is 2. The molecular formula is C14H17BrN2. The predicted octanol–water partition coefficient (Wildman–Crippen LogP) is 4.76. The molecule has 1 N–H and O–H groups in total. The number of halogens is 1. The van der Waals surface area contributed by atoms with Crippen molar-refractivity contribution in [1.29, 1.82) is 0 Å². The second-order valence-electron chi connectivity index (χ2n) is 4.96. The molecule has 1 aromatic heterocycles. The largest absolute Gasteiger partial charge is 0.281 e. The van der Waals surface area contributed by atoms with Crippen LogP contribution in [0, 0.1) is 0 Å². The predicted molar refractivity (Wildman–Crippen MR) is 74.2 cm³/mol. The molecule has 1 saturated carbocycles. The molecule has 1 fully saturated rings. The van der Waals surface area contributed by atoms with Crippen molar-refractivity contribution in [1.82, 2.24) is 10.2 Å². The zero-order valence-electron chi connectivity index (χ0n) is 9.88. The lowest BCUT2D eigenvalue weighted by molar-refractivity contribution is 0.579.